The highest BCUT2D eigenvalue weighted by molar-refractivity contribution is 9.10. The van der Waals surface area contributed by atoms with Crippen LogP contribution >= 0.6 is 31.9 Å². The summed E-state index contributed by atoms with van der Waals surface area (Å²) in [7, 11) is 0. The number of halogens is 3. The lowest BCUT2D eigenvalue weighted by molar-refractivity contribution is 0.437. The highest BCUT2D eigenvalue weighted by atomic mass is 79.9. The van der Waals surface area contributed by atoms with Crippen LogP contribution in [0.5, 0.6) is 11.8 Å². The summed E-state index contributed by atoms with van der Waals surface area (Å²) in [6.45, 7) is 0. The van der Waals surface area contributed by atoms with Gasteiger partial charge in [0.25, 0.3) is 0 Å². The molecule has 2 rings (SSSR count). The van der Waals surface area contributed by atoms with Crippen molar-refractivity contribution in [3.63, 3.8) is 0 Å². The number of nitrogens with zero attached hydrogens (tertiary/aromatic N) is 2. The summed E-state index contributed by atoms with van der Waals surface area (Å²) in [5.41, 5.74) is 0.954. The van der Waals surface area contributed by atoms with Gasteiger partial charge in [-0.1, -0.05) is 15.9 Å². The molecule has 0 unspecified atom stereocenters. The van der Waals surface area contributed by atoms with Crippen molar-refractivity contribution < 1.29 is 9.13 Å². The molecule has 0 N–H and O–H groups in total. The number of hydrogen-bond acceptors (Lipinski definition) is 3. The molecule has 0 atom stereocenters. The lowest BCUT2D eigenvalue weighted by Gasteiger charge is -2.05. The molecule has 0 radical (unpaired) electrons. The second-order valence-electron chi connectivity index (χ2n) is 3.18. The SMILES string of the molecule is Fc1ccc(Oc2ncc(CBr)cn2)c(Br)c1. The van der Waals surface area contributed by atoms with Gasteiger partial charge < -0.3 is 4.74 Å². The van der Waals surface area contributed by atoms with E-state index < -0.39 is 0 Å². The first-order valence-electron chi connectivity index (χ1n) is 4.69. The Hall–Kier alpha value is -1.01. The fourth-order valence-electron chi connectivity index (χ4n) is 1.12. The van der Waals surface area contributed by atoms with E-state index in [-0.39, 0.29) is 11.8 Å². The van der Waals surface area contributed by atoms with Crippen LogP contribution in [0.15, 0.2) is 35.1 Å². The largest absolute Gasteiger partial charge is 0.423 e. The average Bonchev–Trinajstić information content (AvgIpc) is 2.34. The molecular formula is C11H7Br2FN2O. The first-order valence-corrected chi connectivity index (χ1v) is 6.60. The van der Waals surface area contributed by atoms with Crippen molar-refractivity contribution in [3.8, 4) is 11.8 Å². The fourth-order valence-corrected chi connectivity index (χ4v) is 1.84. The third kappa shape index (κ3) is 3.23. The molecule has 0 saturated heterocycles. The third-order valence-electron chi connectivity index (χ3n) is 1.93. The maximum atomic E-state index is 12.9. The van der Waals surface area contributed by atoms with E-state index >= 15 is 0 Å². The summed E-state index contributed by atoms with van der Waals surface area (Å²) < 4.78 is 18.8. The first kappa shape index (κ1) is 12.4. The normalized spacial score (nSPS) is 10.3. The van der Waals surface area contributed by atoms with Crippen molar-refractivity contribution in [2.45, 2.75) is 5.33 Å². The monoisotopic (exact) mass is 360 g/mol. The van der Waals surface area contributed by atoms with Crippen molar-refractivity contribution in [1.29, 1.82) is 0 Å². The van der Waals surface area contributed by atoms with Gasteiger partial charge in [0.1, 0.15) is 11.6 Å². The molecule has 6 heteroatoms. The van der Waals surface area contributed by atoms with Crippen molar-refractivity contribution in [3.05, 3.63) is 46.4 Å². The van der Waals surface area contributed by atoms with Crippen molar-refractivity contribution in [1.82, 2.24) is 9.97 Å². The summed E-state index contributed by atoms with van der Waals surface area (Å²) in [6, 6.07) is 4.37. The molecule has 0 saturated carbocycles. The number of rotatable bonds is 3. The predicted octanol–water partition coefficient (Wildman–Crippen LogP) is 4.07. The van der Waals surface area contributed by atoms with Gasteiger partial charge in [0, 0.05) is 17.7 Å². The number of ether oxygens (including phenoxy) is 1. The Labute approximate surface area is 114 Å². The number of aromatic nitrogens is 2. The van der Waals surface area contributed by atoms with Gasteiger partial charge in [-0.05, 0) is 39.7 Å². The van der Waals surface area contributed by atoms with Crippen molar-refractivity contribution >= 4 is 31.9 Å². The maximum absolute atomic E-state index is 12.9. The molecule has 0 spiro atoms. The van der Waals surface area contributed by atoms with Crippen LogP contribution < -0.4 is 4.74 Å². The summed E-state index contributed by atoms with van der Waals surface area (Å²) in [5, 5.41) is 0.688. The lowest BCUT2D eigenvalue weighted by atomic mass is 10.3. The first-order chi connectivity index (χ1) is 8.19. The average molecular weight is 362 g/mol. The van der Waals surface area contributed by atoms with Gasteiger partial charge in [-0.3, -0.25) is 0 Å². The molecule has 1 aromatic carbocycles. The summed E-state index contributed by atoms with van der Waals surface area (Å²) in [5.74, 6) is 0.137. The van der Waals surface area contributed by atoms with E-state index in [0.717, 1.165) is 5.56 Å². The Morgan fingerprint density at radius 3 is 2.53 bits per heavy atom. The molecule has 2 aromatic rings. The number of alkyl halides is 1. The Balaban J connectivity index is 2.19. The standard InChI is InChI=1S/C11H7Br2FN2O/c12-4-7-5-15-11(16-6-7)17-10-2-1-8(14)3-9(10)13/h1-3,5-6H,4H2. The minimum Gasteiger partial charge on any atom is -0.423 e. The maximum Gasteiger partial charge on any atom is 0.321 e. The minimum atomic E-state index is -0.334. The van der Waals surface area contributed by atoms with E-state index in [9.17, 15) is 4.39 Å². The van der Waals surface area contributed by atoms with Crippen LogP contribution in [0.2, 0.25) is 0 Å². The molecule has 1 aromatic heterocycles. The zero-order valence-corrected chi connectivity index (χ0v) is 11.7. The molecule has 0 aliphatic rings. The minimum absolute atomic E-state index is 0.224. The van der Waals surface area contributed by atoms with Gasteiger partial charge in [-0.2, -0.15) is 0 Å². The van der Waals surface area contributed by atoms with E-state index in [1.54, 1.807) is 12.4 Å². The third-order valence-corrected chi connectivity index (χ3v) is 3.20. The second kappa shape index (κ2) is 5.55. The van der Waals surface area contributed by atoms with E-state index in [2.05, 4.69) is 41.8 Å². The molecule has 0 fully saturated rings. The van der Waals surface area contributed by atoms with Crippen LogP contribution in [0.3, 0.4) is 0 Å². The van der Waals surface area contributed by atoms with Gasteiger partial charge in [0.15, 0.2) is 0 Å². The summed E-state index contributed by atoms with van der Waals surface area (Å²) >= 11 is 6.50. The van der Waals surface area contributed by atoms with Gasteiger partial charge in [-0.15, -0.1) is 0 Å². The van der Waals surface area contributed by atoms with Crippen LogP contribution in [0, 0.1) is 5.82 Å². The van der Waals surface area contributed by atoms with Crippen molar-refractivity contribution in [2.24, 2.45) is 0 Å². The Kier molecular flexibility index (Phi) is 4.06. The van der Waals surface area contributed by atoms with E-state index in [1.165, 1.54) is 18.2 Å². The fraction of sp³-hybridized carbons (Fsp3) is 0.0909. The molecule has 0 bridgehead atoms. The molecule has 0 aliphatic carbocycles. The van der Waals surface area contributed by atoms with Gasteiger partial charge in [-0.25, -0.2) is 14.4 Å². The Bertz CT molecular complexity index is 519. The second-order valence-corrected chi connectivity index (χ2v) is 4.60. The molecule has 88 valence electrons. The zero-order chi connectivity index (χ0) is 12.3. The Morgan fingerprint density at radius 1 is 1.24 bits per heavy atom. The highest BCUT2D eigenvalue weighted by Crippen LogP contribution is 2.28. The molecule has 17 heavy (non-hydrogen) atoms. The van der Waals surface area contributed by atoms with Gasteiger partial charge in [0.2, 0.25) is 0 Å². The van der Waals surface area contributed by atoms with E-state index in [0.29, 0.717) is 15.6 Å². The molecule has 0 aliphatic heterocycles. The van der Waals surface area contributed by atoms with Crippen LogP contribution in [-0.2, 0) is 5.33 Å². The molecular weight excluding hydrogens is 355 g/mol. The zero-order valence-electron chi connectivity index (χ0n) is 8.53. The predicted molar refractivity (Wildman–Crippen MR) is 68.8 cm³/mol. The quantitative estimate of drug-likeness (QED) is 0.773. The van der Waals surface area contributed by atoms with Gasteiger partial charge >= 0.3 is 6.01 Å². The number of benzene rings is 1. The molecule has 1 heterocycles. The van der Waals surface area contributed by atoms with Crippen LogP contribution in [0.4, 0.5) is 4.39 Å². The topological polar surface area (TPSA) is 35.0 Å². The Morgan fingerprint density at radius 2 is 1.94 bits per heavy atom. The van der Waals surface area contributed by atoms with E-state index in [4.69, 9.17) is 4.74 Å². The van der Waals surface area contributed by atoms with E-state index in [1.807, 2.05) is 0 Å². The smallest absolute Gasteiger partial charge is 0.321 e. The summed E-state index contributed by atoms with van der Waals surface area (Å²) in [4.78, 5) is 8.06. The summed E-state index contributed by atoms with van der Waals surface area (Å²) in [6.07, 6.45) is 3.32. The molecule has 0 amide bonds. The van der Waals surface area contributed by atoms with Crippen LogP contribution in [0.25, 0.3) is 0 Å². The highest BCUT2D eigenvalue weighted by Gasteiger charge is 2.05. The molecule has 3 nitrogen and oxygen atoms in total. The van der Waals surface area contributed by atoms with Crippen molar-refractivity contribution in [2.75, 3.05) is 0 Å². The lowest BCUT2D eigenvalue weighted by Crippen LogP contribution is -1.93. The van der Waals surface area contributed by atoms with Crippen LogP contribution in [-0.4, -0.2) is 9.97 Å². The number of hydrogen-bond donors (Lipinski definition) is 0. The van der Waals surface area contributed by atoms with Crippen LogP contribution in [0.1, 0.15) is 5.56 Å². The van der Waals surface area contributed by atoms with Gasteiger partial charge in [0.05, 0.1) is 4.47 Å².